The minimum absolute atomic E-state index is 0.277. The molecule has 0 aliphatic heterocycles. The van der Waals surface area contributed by atoms with Gasteiger partial charge in [0.1, 0.15) is 0 Å². The summed E-state index contributed by atoms with van der Waals surface area (Å²) in [5, 5.41) is 3.80. The largest absolute Gasteiger partial charge is 0.271 e. The minimum atomic E-state index is 0.277. The molecular formula is C7H12N4S. The molecule has 0 spiro atoms. The van der Waals surface area contributed by atoms with Crippen molar-refractivity contribution in [2.75, 3.05) is 0 Å². The molecule has 1 fully saturated rings. The Kier molecular flexibility index (Phi) is 2.34. The Morgan fingerprint density at radius 3 is 2.92 bits per heavy atom. The van der Waals surface area contributed by atoms with Gasteiger partial charge in [-0.1, -0.05) is 10.9 Å². The maximum atomic E-state index is 5.48. The number of rotatable bonds is 3. The third-order valence-electron chi connectivity index (χ3n) is 2.49. The summed E-state index contributed by atoms with van der Waals surface area (Å²) in [4.78, 5) is 1.15. The van der Waals surface area contributed by atoms with E-state index in [1.165, 1.54) is 30.8 Å². The summed E-state index contributed by atoms with van der Waals surface area (Å²) < 4.78 is 3.83. The van der Waals surface area contributed by atoms with Crippen molar-refractivity contribution in [1.82, 2.24) is 15.0 Å². The van der Waals surface area contributed by atoms with Crippen molar-refractivity contribution in [1.29, 1.82) is 0 Å². The number of aromatic nitrogens is 2. The van der Waals surface area contributed by atoms with Crippen LogP contribution in [0.25, 0.3) is 0 Å². The van der Waals surface area contributed by atoms with Crippen LogP contribution in [0.3, 0.4) is 0 Å². The van der Waals surface area contributed by atoms with E-state index in [9.17, 15) is 0 Å². The van der Waals surface area contributed by atoms with E-state index in [-0.39, 0.29) is 6.04 Å². The lowest BCUT2D eigenvalue weighted by Crippen LogP contribution is -2.35. The molecule has 1 aromatic rings. The average molecular weight is 184 g/mol. The highest BCUT2D eigenvalue weighted by Crippen LogP contribution is 2.37. The molecule has 1 aliphatic rings. The first kappa shape index (κ1) is 8.10. The summed E-state index contributed by atoms with van der Waals surface area (Å²) in [6.45, 7) is 0. The topological polar surface area (TPSA) is 63.8 Å². The quantitative estimate of drug-likeness (QED) is 0.540. The van der Waals surface area contributed by atoms with Gasteiger partial charge in [-0.2, -0.15) is 0 Å². The lowest BCUT2D eigenvalue weighted by Gasteiger charge is -2.32. The van der Waals surface area contributed by atoms with Crippen molar-refractivity contribution in [3.63, 3.8) is 0 Å². The third kappa shape index (κ3) is 1.35. The molecule has 1 atom stereocenters. The van der Waals surface area contributed by atoms with Crippen LogP contribution in [0.1, 0.15) is 30.2 Å². The van der Waals surface area contributed by atoms with Crippen molar-refractivity contribution < 1.29 is 0 Å². The van der Waals surface area contributed by atoms with Gasteiger partial charge in [0.2, 0.25) is 0 Å². The Morgan fingerprint density at radius 2 is 2.50 bits per heavy atom. The van der Waals surface area contributed by atoms with Crippen LogP contribution in [0.15, 0.2) is 6.20 Å². The molecule has 2 rings (SSSR count). The number of nitrogens with zero attached hydrogens (tertiary/aromatic N) is 2. The van der Waals surface area contributed by atoms with Crippen molar-refractivity contribution in [3.05, 3.63) is 11.1 Å². The average Bonchev–Trinajstić information content (AvgIpc) is 2.47. The summed E-state index contributed by atoms with van der Waals surface area (Å²) in [7, 11) is 0. The van der Waals surface area contributed by atoms with E-state index in [1.54, 1.807) is 6.20 Å². The summed E-state index contributed by atoms with van der Waals surface area (Å²) >= 11 is 1.43. The first-order valence-electron chi connectivity index (χ1n) is 4.15. The van der Waals surface area contributed by atoms with Crippen LogP contribution >= 0.6 is 11.5 Å². The molecule has 66 valence electrons. The highest BCUT2D eigenvalue weighted by Gasteiger charge is 2.28. The van der Waals surface area contributed by atoms with Crippen molar-refractivity contribution in [3.8, 4) is 0 Å². The second-order valence-electron chi connectivity index (χ2n) is 3.16. The molecule has 1 unspecified atom stereocenters. The molecule has 3 N–H and O–H groups in total. The third-order valence-corrected chi connectivity index (χ3v) is 3.23. The van der Waals surface area contributed by atoms with Crippen LogP contribution < -0.4 is 11.3 Å². The molecular weight excluding hydrogens is 172 g/mol. The number of hydrogen-bond donors (Lipinski definition) is 2. The summed E-state index contributed by atoms with van der Waals surface area (Å²) in [6.07, 6.45) is 5.67. The lowest BCUT2D eigenvalue weighted by atomic mass is 9.79. The molecule has 0 bridgehead atoms. The maximum Gasteiger partial charge on any atom is 0.0669 e. The second kappa shape index (κ2) is 3.47. The summed E-state index contributed by atoms with van der Waals surface area (Å²) in [5.74, 6) is 6.17. The van der Waals surface area contributed by atoms with Gasteiger partial charge in [0, 0.05) is 0 Å². The molecule has 12 heavy (non-hydrogen) atoms. The number of hydrazine groups is 1. The monoisotopic (exact) mass is 184 g/mol. The van der Waals surface area contributed by atoms with Gasteiger partial charge >= 0.3 is 0 Å². The molecule has 4 nitrogen and oxygen atoms in total. The molecule has 0 saturated heterocycles. The molecule has 0 aromatic carbocycles. The second-order valence-corrected chi connectivity index (χ2v) is 3.97. The van der Waals surface area contributed by atoms with E-state index < -0.39 is 0 Å². The van der Waals surface area contributed by atoms with Crippen LogP contribution in [0.4, 0.5) is 0 Å². The Hall–Kier alpha value is -0.520. The van der Waals surface area contributed by atoms with Crippen LogP contribution in [-0.4, -0.2) is 9.59 Å². The Morgan fingerprint density at radius 1 is 1.67 bits per heavy atom. The maximum absolute atomic E-state index is 5.48. The first-order chi connectivity index (χ1) is 5.92. The Balaban J connectivity index is 2.07. The number of nitrogens with one attached hydrogen (secondary N) is 1. The van der Waals surface area contributed by atoms with Crippen molar-refractivity contribution in [2.45, 2.75) is 25.3 Å². The van der Waals surface area contributed by atoms with Crippen molar-refractivity contribution >= 4 is 11.5 Å². The normalized spacial score (nSPS) is 20.4. The summed E-state index contributed by atoms with van der Waals surface area (Å²) in [6, 6.07) is 0.277. The van der Waals surface area contributed by atoms with E-state index >= 15 is 0 Å². The highest BCUT2D eigenvalue weighted by atomic mass is 32.1. The predicted octanol–water partition coefficient (Wildman–Crippen LogP) is 0.843. The first-order valence-corrected chi connectivity index (χ1v) is 4.92. The van der Waals surface area contributed by atoms with Gasteiger partial charge in [-0.15, -0.1) is 5.10 Å². The minimum Gasteiger partial charge on any atom is -0.271 e. The Labute approximate surface area is 75.3 Å². The fourth-order valence-corrected chi connectivity index (χ4v) is 2.19. The fourth-order valence-electron chi connectivity index (χ4n) is 1.54. The molecule has 0 amide bonds. The van der Waals surface area contributed by atoms with Gasteiger partial charge in [-0.25, -0.2) is 0 Å². The molecule has 1 heterocycles. The van der Waals surface area contributed by atoms with E-state index in [4.69, 9.17) is 5.84 Å². The van der Waals surface area contributed by atoms with Crippen molar-refractivity contribution in [2.24, 2.45) is 11.8 Å². The smallest absolute Gasteiger partial charge is 0.0669 e. The van der Waals surface area contributed by atoms with E-state index in [1.807, 2.05) is 0 Å². The zero-order valence-electron chi connectivity index (χ0n) is 6.73. The highest BCUT2D eigenvalue weighted by molar-refractivity contribution is 7.05. The Bertz CT molecular complexity index is 232. The van der Waals surface area contributed by atoms with Gasteiger partial charge in [-0.3, -0.25) is 11.3 Å². The van der Waals surface area contributed by atoms with Gasteiger partial charge in [-0.05, 0) is 30.3 Å². The van der Waals surface area contributed by atoms with Crippen LogP contribution in [0.2, 0.25) is 0 Å². The summed E-state index contributed by atoms with van der Waals surface area (Å²) in [5.41, 5.74) is 2.84. The molecule has 5 heteroatoms. The van der Waals surface area contributed by atoms with E-state index in [0.29, 0.717) is 5.92 Å². The van der Waals surface area contributed by atoms with E-state index in [0.717, 1.165) is 4.88 Å². The van der Waals surface area contributed by atoms with E-state index in [2.05, 4.69) is 15.0 Å². The van der Waals surface area contributed by atoms with Gasteiger partial charge in [0.25, 0.3) is 0 Å². The van der Waals surface area contributed by atoms with Gasteiger partial charge in [0.15, 0.2) is 0 Å². The zero-order chi connectivity index (χ0) is 8.39. The molecule has 1 aliphatic carbocycles. The van der Waals surface area contributed by atoms with Crippen LogP contribution in [0, 0.1) is 5.92 Å². The lowest BCUT2D eigenvalue weighted by molar-refractivity contribution is 0.234. The predicted molar refractivity (Wildman–Crippen MR) is 47.3 cm³/mol. The standard InChI is InChI=1S/C7H12N4S/c8-10-7(5-2-1-3-5)6-4-9-11-12-6/h4-5,7,10H,1-3,8H2. The van der Waals surface area contributed by atoms with Gasteiger partial charge in [0.05, 0.1) is 17.1 Å². The van der Waals surface area contributed by atoms with Crippen LogP contribution in [0.5, 0.6) is 0 Å². The molecule has 1 aromatic heterocycles. The molecule has 1 saturated carbocycles. The molecule has 0 radical (unpaired) electrons. The number of nitrogens with two attached hydrogens (primary N) is 1. The van der Waals surface area contributed by atoms with Crippen LogP contribution in [-0.2, 0) is 0 Å². The zero-order valence-corrected chi connectivity index (χ0v) is 7.55. The van der Waals surface area contributed by atoms with Gasteiger partial charge < -0.3 is 0 Å². The number of hydrogen-bond acceptors (Lipinski definition) is 5. The fraction of sp³-hybridized carbons (Fsp3) is 0.714. The SMILES string of the molecule is NNC(c1cnns1)C1CCC1.